The van der Waals surface area contributed by atoms with Gasteiger partial charge in [-0.3, -0.25) is 9.69 Å². The van der Waals surface area contributed by atoms with Gasteiger partial charge in [0.2, 0.25) is 0 Å². The van der Waals surface area contributed by atoms with Crippen LogP contribution in [0.3, 0.4) is 0 Å². The number of hydrogen-bond acceptors (Lipinski definition) is 4. The van der Waals surface area contributed by atoms with E-state index in [2.05, 4.69) is 10.4 Å². The van der Waals surface area contributed by atoms with E-state index in [1.54, 1.807) is 29.3 Å². The van der Waals surface area contributed by atoms with Gasteiger partial charge in [0.05, 0.1) is 23.6 Å². The molecule has 164 valence electrons. The summed E-state index contributed by atoms with van der Waals surface area (Å²) in [7, 11) is 3.87. The fraction of sp³-hybridized carbons (Fsp3) is 0.200. The molecule has 0 fully saturated rings. The minimum atomic E-state index is -0.328. The van der Waals surface area contributed by atoms with Crippen molar-refractivity contribution in [2.45, 2.75) is 13.0 Å². The molecule has 7 heteroatoms. The smallest absolute Gasteiger partial charge is 0.255 e. The maximum Gasteiger partial charge on any atom is 0.255 e. The summed E-state index contributed by atoms with van der Waals surface area (Å²) in [5, 5.41) is 7.66. The van der Waals surface area contributed by atoms with Crippen LogP contribution >= 0.6 is 0 Å². The first-order chi connectivity index (χ1) is 15.4. The Balaban J connectivity index is 1.65. The van der Waals surface area contributed by atoms with Crippen molar-refractivity contribution in [1.29, 1.82) is 0 Å². The van der Waals surface area contributed by atoms with Gasteiger partial charge in [-0.1, -0.05) is 29.8 Å². The molecule has 0 saturated carbocycles. The quantitative estimate of drug-likeness (QED) is 0.463. The van der Waals surface area contributed by atoms with Crippen LogP contribution in [0.2, 0.25) is 0 Å². The minimum absolute atomic E-state index is 0.107. The predicted octanol–water partition coefficient (Wildman–Crippen LogP) is 4.61. The molecule has 0 saturated heterocycles. The second-order valence-corrected chi connectivity index (χ2v) is 7.88. The van der Waals surface area contributed by atoms with Crippen LogP contribution in [0.4, 0.5) is 4.39 Å². The van der Waals surface area contributed by atoms with Crippen molar-refractivity contribution < 1.29 is 13.6 Å². The first-order valence-electron chi connectivity index (χ1n) is 10.3. The van der Waals surface area contributed by atoms with Crippen molar-refractivity contribution in [3.63, 3.8) is 0 Å². The van der Waals surface area contributed by atoms with Gasteiger partial charge in [-0.15, -0.1) is 0 Å². The lowest BCUT2D eigenvalue weighted by Gasteiger charge is -2.22. The molecule has 0 radical (unpaired) electrons. The van der Waals surface area contributed by atoms with Crippen LogP contribution in [0.15, 0.2) is 77.5 Å². The highest BCUT2D eigenvalue weighted by molar-refractivity contribution is 6.00. The highest BCUT2D eigenvalue weighted by atomic mass is 19.1. The second-order valence-electron chi connectivity index (χ2n) is 7.88. The Morgan fingerprint density at radius 1 is 1.12 bits per heavy atom. The number of amides is 1. The molecule has 0 aliphatic heterocycles. The summed E-state index contributed by atoms with van der Waals surface area (Å²) < 4.78 is 20.5. The first-order valence-corrected chi connectivity index (χ1v) is 10.3. The predicted molar refractivity (Wildman–Crippen MR) is 121 cm³/mol. The summed E-state index contributed by atoms with van der Waals surface area (Å²) in [6.45, 7) is 2.37. The summed E-state index contributed by atoms with van der Waals surface area (Å²) in [6.07, 6.45) is 3.30. The van der Waals surface area contributed by atoms with Crippen molar-refractivity contribution in [3.8, 4) is 16.9 Å². The van der Waals surface area contributed by atoms with E-state index in [9.17, 15) is 9.18 Å². The summed E-state index contributed by atoms with van der Waals surface area (Å²) in [5.41, 5.74) is 3.61. The lowest BCUT2D eigenvalue weighted by molar-refractivity contribution is 0.0939. The molecule has 2 aromatic carbocycles. The van der Waals surface area contributed by atoms with E-state index in [1.165, 1.54) is 12.1 Å². The topological polar surface area (TPSA) is 63.3 Å². The molecular formula is C25H25FN4O2. The van der Waals surface area contributed by atoms with Gasteiger partial charge in [-0.2, -0.15) is 5.10 Å². The average Bonchev–Trinajstić information content (AvgIpc) is 3.45. The molecule has 2 heterocycles. The van der Waals surface area contributed by atoms with Crippen molar-refractivity contribution in [3.05, 3.63) is 95.8 Å². The molecule has 1 atom stereocenters. The highest BCUT2D eigenvalue weighted by Gasteiger charge is 2.22. The molecule has 32 heavy (non-hydrogen) atoms. The number of carbonyl (C=O) groups is 1. The number of nitrogens with one attached hydrogen (secondary N) is 1. The first kappa shape index (κ1) is 21.5. The number of aromatic nitrogens is 2. The Morgan fingerprint density at radius 3 is 2.47 bits per heavy atom. The molecule has 0 aliphatic rings. The van der Waals surface area contributed by atoms with Crippen LogP contribution < -0.4 is 5.32 Å². The van der Waals surface area contributed by atoms with Crippen LogP contribution in [-0.2, 0) is 0 Å². The Kier molecular flexibility index (Phi) is 6.18. The zero-order valence-corrected chi connectivity index (χ0v) is 18.2. The third-order valence-electron chi connectivity index (χ3n) is 5.33. The van der Waals surface area contributed by atoms with Crippen molar-refractivity contribution in [2.75, 3.05) is 20.6 Å². The molecule has 4 rings (SSSR count). The van der Waals surface area contributed by atoms with Gasteiger partial charge in [0.25, 0.3) is 5.91 Å². The average molecular weight is 432 g/mol. The zero-order chi connectivity index (χ0) is 22.7. The lowest BCUT2D eigenvalue weighted by Crippen LogP contribution is -2.34. The maximum atomic E-state index is 13.4. The zero-order valence-electron chi connectivity index (χ0n) is 18.2. The lowest BCUT2D eigenvalue weighted by atomic mass is 10.1. The summed E-state index contributed by atoms with van der Waals surface area (Å²) >= 11 is 0. The van der Waals surface area contributed by atoms with Crippen molar-refractivity contribution in [2.24, 2.45) is 0 Å². The molecule has 1 N–H and O–H groups in total. The van der Waals surface area contributed by atoms with E-state index in [0.717, 1.165) is 16.9 Å². The van der Waals surface area contributed by atoms with E-state index < -0.39 is 0 Å². The van der Waals surface area contributed by atoms with E-state index in [1.807, 2.05) is 62.3 Å². The largest absolute Gasteiger partial charge is 0.468 e. The van der Waals surface area contributed by atoms with Crippen molar-refractivity contribution in [1.82, 2.24) is 20.0 Å². The second kappa shape index (κ2) is 9.20. The van der Waals surface area contributed by atoms with Gasteiger partial charge in [0, 0.05) is 18.3 Å². The number of hydrogen-bond donors (Lipinski definition) is 1. The number of furan rings is 1. The maximum absolute atomic E-state index is 13.4. The Labute approximate surface area is 186 Å². The van der Waals surface area contributed by atoms with Crippen LogP contribution in [0, 0.1) is 12.7 Å². The Morgan fingerprint density at radius 2 is 1.84 bits per heavy atom. The van der Waals surface area contributed by atoms with E-state index >= 15 is 0 Å². The fourth-order valence-electron chi connectivity index (χ4n) is 3.49. The third-order valence-corrected chi connectivity index (χ3v) is 5.33. The fourth-order valence-corrected chi connectivity index (χ4v) is 3.49. The minimum Gasteiger partial charge on any atom is -0.468 e. The molecule has 0 aliphatic carbocycles. The van der Waals surface area contributed by atoms with Crippen LogP contribution in [0.1, 0.15) is 27.7 Å². The molecule has 0 spiro atoms. The molecular weight excluding hydrogens is 407 g/mol. The summed E-state index contributed by atoms with van der Waals surface area (Å²) in [5.74, 6) is 0.202. The SMILES string of the molecule is Cc1ccc(-c2nn(-c3ccc(F)cc3)cc2C(=O)NCC(c2ccco2)N(C)C)cc1. The van der Waals surface area contributed by atoms with E-state index in [4.69, 9.17) is 4.42 Å². The normalized spacial score (nSPS) is 12.2. The monoisotopic (exact) mass is 432 g/mol. The van der Waals surface area contributed by atoms with Crippen LogP contribution in [-0.4, -0.2) is 41.2 Å². The molecule has 2 aromatic heterocycles. The highest BCUT2D eigenvalue weighted by Crippen LogP contribution is 2.25. The molecule has 0 bridgehead atoms. The Hall–Kier alpha value is -3.71. The number of rotatable bonds is 7. The number of benzene rings is 2. The van der Waals surface area contributed by atoms with E-state index in [-0.39, 0.29) is 17.8 Å². The van der Waals surface area contributed by atoms with Gasteiger partial charge < -0.3 is 9.73 Å². The number of likely N-dealkylation sites (N-methyl/N-ethyl adjacent to an activating group) is 1. The van der Waals surface area contributed by atoms with Gasteiger partial charge in [0.1, 0.15) is 17.3 Å². The number of carbonyl (C=O) groups excluding carboxylic acids is 1. The van der Waals surface area contributed by atoms with Gasteiger partial charge >= 0.3 is 0 Å². The Bertz CT molecular complexity index is 1180. The number of nitrogens with zero attached hydrogens (tertiary/aromatic N) is 3. The molecule has 6 nitrogen and oxygen atoms in total. The molecule has 4 aromatic rings. The van der Waals surface area contributed by atoms with Gasteiger partial charge in [-0.25, -0.2) is 9.07 Å². The van der Waals surface area contributed by atoms with Crippen LogP contribution in [0.25, 0.3) is 16.9 Å². The summed E-state index contributed by atoms with van der Waals surface area (Å²) in [6, 6.07) is 17.4. The summed E-state index contributed by atoms with van der Waals surface area (Å²) in [4.78, 5) is 15.2. The van der Waals surface area contributed by atoms with E-state index in [0.29, 0.717) is 23.5 Å². The van der Waals surface area contributed by atoms with Gasteiger partial charge in [0.15, 0.2) is 0 Å². The molecule has 1 amide bonds. The standard InChI is InChI=1S/C25H25FN4O2/c1-17-6-8-18(9-7-17)24-21(16-30(28-24)20-12-10-19(26)11-13-20)25(31)27-15-22(29(2)3)23-5-4-14-32-23/h4-14,16,22H,15H2,1-3H3,(H,27,31). The number of halogens is 1. The third kappa shape index (κ3) is 4.63. The van der Waals surface area contributed by atoms with Crippen LogP contribution in [0.5, 0.6) is 0 Å². The molecule has 1 unspecified atom stereocenters. The number of aryl methyl sites for hydroxylation is 1. The van der Waals surface area contributed by atoms with Crippen molar-refractivity contribution >= 4 is 5.91 Å². The van der Waals surface area contributed by atoms with Gasteiger partial charge in [-0.05, 0) is 57.4 Å².